The number of methoxy groups -OCH3 is 1. The van der Waals surface area contributed by atoms with Gasteiger partial charge in [-0.15, -0.1) is 0 Å². The predicted molar refractivity (Wildman–Crippen MR) is 111 cm³/mol. The number of benzene rings is 3. The van der Waals surface area contributed by atoms with E-state index in [1.165, 1.54) is 0 Å². The van der Waals surface area contributed by atoms with E-state index < -0.39 is 0 Å². The van der Waals surface area contributed by atoms with E-state index in [4.69, 9.17) is 9.47 Å². The van der Waals surface area contributed by atoms with Gasteiger partial charge in [-0.05, 0) is 35.9 Å². The smallest absolute Gasteiger partial charge is 0.272 e. The van der Waals surface area contributed by atoms with Crippen LogP contribution < -0.4 is 15.0 Å². The Morgan fingerprint density at radius 1 is 0.821 bits per heavy atom. The summed E-state index contributed by atoms with van der Waals surface area (Å²) < 4.78 is 11.3. The van der Waals surface area contributed by atoms with Gasteiger partial charge in [0.15, 0.2) is 0 Å². The molecule has 2 heterocycles. The first-order valence-corrected chi connectivity index (χ1v) is 9.05. The molecular formula is C23H18N2O3. The van der Waals surface area contributed by atoms with Crippen molar-refractivity contribution in [3.63, 3.8) is 0 Å². The summed E-state index contributed by atoms with van der Waals surface area (Å²) >= 11 is 0. The largest absolute Gasteiger partial charge is 0.497 e. The average molecular weight is 370 g/mol. The minimum absolute atomic E-state index is 0.143. The molecule has 5 nitrogen and oxygen atoms in total. The zero-order chi connectivity index (χ0) is 19.1. The van der Waals surface area contributed by atoms with Gasteiger partial charge in [0, 0.05) is 27.7 Å². The normalized spacial score (nSPS) is 11.3. The third-order valence-electron chi connectivity index (χ3n) is 4.99. The number of ether oxygens (including phenoxy) is 2. The molecule has 2 aromatic heterocycles. The molecule has 0 aliphatic rings. The van der Waals surface area contributed by atoms with Gasteiger partial charge in [-0.2, -0.15) is 0 Å². The lowest BCUT2D eigenvalue weighted by molar-refractivity contribution is 0.306. The van der Waals surface area contributed by atoms with Crippen LogP contribution in [0.2, 0.25) is 0 Å². The summed E-state index contributed by atoms with van der Waals surface area (Å²) in [4.78, 5) is 18.7. The number of rotatable bonds is 4. The highest BCUT2D eigenvalue weighted by molar-refractivity contribution is 6.19. The van der Waals surface area contributed by atoms with Gasteiger partial charge < -0.3 is 19.4 Å². The Kier molecular flexibility index (Phi) is 3.79. The number of pyridine rings is 1. The molecule has 0 radical (unpaired) electrons. The van der Waals surface area contributed by atoms with Crippen LogP contribution in [0.5, 0.6) is 11.5 Å². The van der Waals surface area contributed by atoms with E-state index in [0.717, 1.165) is 44.3 Å². The van der Waals surface area contributed by atoms with Crippen LogP contribution in [0, 0.1) is 0 Å². The highest BCUT2D eigenvalue weighted by atomic mass is 16.5. The Morgan fingerprint density at radius 3 is 2.46 bits per heavy atom. The fourth-order valence-corrected chi connectivity index (χ4v) is 3.61. The Hall–Kier alpha value is -3.73. The quantitative estimate of drug-likeness (QED) is 0.480. The first-order valence-electron chi connectivity index (χ1n) is 9.05. The standard InChI is InChI=1S/C23H18N2O3/c1-27-15-7-9-17-20(12-15)24-22-21(17)18-11-16(8-10-19(18)25-23(22)26)28-13-14-5-3-2-4-6-14/h2-12,24H,13H2,1H3,(H,25,26). The van der Waals surface area contributed by atoms with Gasteiger partial charge in [-0.3, -0.25) is 4.79 Å². The van der Waals surface area contributed by atoms with Crippen LogP contribution in [0.3, 0.4) is 0 Å². The molecule has 0 bridgehead atoms. The lowest BCUT2D eigenvalue weighted by Gasteiger charge is -2.08. The molecule has 0 unspecified atom stereocenters. The number of aromatic amines is 2. The third-order valence-corrected chi connectivity index (χ3v) is 4.99. The number of nitrogens with one attached hydrogen (secondary N) is 2. The maximum atomic E-state index is 12.6. The van der Waals surface area contributed by atoms with Crippen molar-refractivity contribution in [2.45, 2.75) is 6.61 Å². The Morgan fingerprint density at radius 2 is 1.64 bits per heavy atom. The van der Waals surface area contributed by atoms with Crippen LogP contribution in [0.1, 0.15) is 5.56 Å². The zero-order valence-electron chi connectivity index (χ0n) is 15.3. The fourth-order valence-electron chi connectivity index (χ4n) is 3.61. The molecule has 5 heteroatoms. The van der Waals surface area contributed by atoms with E-state index >= 15 is 0 Å². The van der Waals surface area contributed by atoms with Gasteiger partial charge in [0.1, 0.15) is 23.6 Å². The minimum atomic E-state index is -0.143. The van der Waals surface area contributed by atoms with E-state index in [1.807, 2.05) is 66.7 Å². The molecule has 0 aliphatic heterocycles. The van der Waals surface area contributed by atoms with Gasteiger partial charge in [0.25, 0.3) is 5.56 Å². The van der Waals surface area contributed by atoms with Crippen LogP contribution in [-0.2, 0) is 6.61 Å². The summed E-state index contributed by atoms with van der Waals surface area (Å²) in [6.07, 6.45) is 0. The third kappa shape index (κ3) is 2.68. The molecule has 2 N–H and O–H groups in total. The Bertz CT molecular complexity index is 1370. The highest BCUT2D eigenvalue weighted by Gasteiger charge is 2.13. The molecule has 0 aliphatic carbocycles. The molecule has 3 aromatic carbocycles. The lowest BCUT2D eigenvalue weighted by atomic mass is 10.1. The molecule has 5 aromatic rings. The Labute approximate surface area is 160 Å². The van der Waals surface area contributed by atoms with Crippen LogP contribution >= 0.6 is 0 Å². The zero-order valence-corrected chi connectivity index (χ0v) is 15.3. The molecule has 0 spiro atoms. The monoisotopic (exact) mass is 370 g/mol. The molecule has 138 valence electrons. The SMILES string of the molecule is COc1ccc2c(c1)[nH]c1c(=O)[nH]c3ccc(OCc4ccccc4)cc3c12. The number of aromatic nitrogens is 2. The Balaban J connectivity index is 1.67. The van der Waals surface area contributed by atoms with Crippen molar-refractivity contribution in [2.75, 3.05) is 7.11 Å². The molecule has 0 saturated carbocycles. The lowest BCUT2D eigenvalue weighted by Crippen LogP contribution is -2.06. The van der Waals surface area contributed by atoms with Gasteiger partial charge >= 0.3 is 0 Å². The van der Waals surface area contributed by atoms with Crippen molar-refractivity contribution in [1.82, 2.24) is 9.97 Å². The van der Waals surface area contributed by atoms with Crippen molar-refractivity contribution < 1.29 is 9.47 Å². The molecule has 5 rings (SSSR count). The van der Waals surface area contributed by atoms with E-state index in [-0.39, 0.29) is 5.56 Å². The fraction of sp³-hybridized carbons (Fsp3) is 0.0870. The van der Waals surface area contributed by atoms with Gasteiger partial charge in [0.2, 0.25) is 0 Å². The summed E-state index contributed by atoms with van der Waals surface area (Å²) in [6.45, 7) is 0.490. The van der Waals surface area contributed by atoms with Crippen LogP contribution in [0.25, 0.3) is 32.7 Å². The number of fused-ring (bicyclic) bond motifs is 5. The van der Waals surface area contributed by atoms with Crippen molar-refractivity contribution in [1.29, 1.82) is 0 Å². The first kappa shape index (κ1) is 16.4. The average Bonchev–Trinajstić information content (AvgIpc) is 3.13. The van der Waals surface area contributed by atoms with E-state index in [1.54, 1.807) is 7.11 Å². The summed E-state index contributed by atoms with van der Waals surface area (Å²) in [5.41, 5.74) is 3.16. The molecular weight excluding hydrogens is 352 g/mol. The molecule has 0 fully saturated rings. The molecule has 28 heavy (non-hydrogen) atoms. The second-order valence-electron chi connectivity index (χ2n) is 6.72. The van der Waals surface area contributed by atoms with Crippen molar-refractivity contribution in [2.24, 2.45) is 0 Å². The van der Waals surface area contributed by atoms with Gasteiger partial charge in [-0.25, -0.2) is 0 Å². The molecule has 0 saturated heterocycles. The van der Waals surface area contributed by atoms with E-state index in [9.17, 15) is 4.79 Å². The molecule has 0 atom stereocenters. The second-order valence-corrected chi connectivity index (χ2v) is 6.72. The highest BCUT2D eigenvalue weighted by Crippen LogP contribution is 2.33. The summed E-state index contributed by atoms with van der Waals surface area (Å²) in [5, 5.41) is 2.81. The van der Waals surface area contributed by atoms with Crippen molar-refractivity contribution in [3.05, 3.63) is 82.6 Å². The second kappa shape index (κ2) is 6.46. The van der Waals surface area contributed by atoms with Crippen LogP contribution in [0.15, 0.2) is 71.5 Å². The summed E-state index contributed by atoms with van der Waals surface area (Å²) in [7, 11) is 1.63. The number of hydrogen-bond acceptors (Lipinski definition) is 3. The maximum absolute atomic E-state index is 12.6. The minimum Gasteiger partial charge on any atom is -0.497 e. The molecule has 0 amide bonds. The van der Waals surface area contributed by atoms with Crippen LogP contribution in [0.4, 0.5) is 0 Å². The van der Waals surface area contributed by atoms with E-state index in [0.29, 0.717) is 12.1 Å². The summed E-state index contributed by atoms with van der Waals surface area (Å²) in [6, 6.07) is 21.6. The predicted octanol–water partition coefficient (Wildman–Crippen LogP) is 4.75. The topological polar surface area (TPSA) is 67.1 Å². The van der Waals surface area contributed by atoms with Crippen molar-refractivity contribution in [3.8, 4) is 11.5 Å². The number of hydrogen-bond donors (Lipinski definition) is 2. The van der Waals surface area contributed by atoms with E-state index in [2.05, 4.69) is 9.97 Å². The number of H-pyrrole nitrogens is 2. The van der Waals surface area contributed by atoms with Crippen molar-refractivity contribution >= 4 is 32.7 Å². The van der Waals surface area contributed by atoms with Gasteiger partial charge in [0.05, 0.1) is 12.6 Å². The van der Waals surface area contributed by atoms with Crippen LogP contribution in [-0.4, -0.2) is 17.1 Å². The maximum Gasteiger partial charge on any atom is 0.272 e. The first-order chi connectivity index (χ1) is 13.7. The van der Waals surface area contributed by atoms with Gasteiger partial charge in [-0.1, -0.05) is 30.3 Å². The summed E-state index contributed by atoms with van der Waals surface area (Å²) in [5.74, 6) is 1.50.